The van der Waals surface area contributed by atoms with Gasteiger partial charge in [0, 0.05) is 15.6 Å². The lowest BCUT2D eigenvalue weighted by Crippen LogP contribution is -2.41. The van der Waals surface area contributed by atoms with Crippen LogP contribution < -0.4 is 4.78 Å². The normalized spacial score (nSPS) is 26.3. The van der Waals surface area contributed by atoms with Gasteiger partial charge in [0.1, 0.15) is 0 Å². The Hall–Kier alpha value is -0.355. The molecule has 5 heteroatoms. The Balaban J connectivity index is 1.78. The van der Waals surface area contributed by atoms with Crippen LogP contribution in [0.3, 0.4) is 0 Å². The minimum atomic E-state index is -0.262. The highest BCUT2D eigenvalue weighted by Crippen LogP contribution is 2.37. The lowest BCUT2D eigenvalue weighted by Gasteiger charge is -2.32. The average molecular weight is 266 g/mol. The Kier molecular flexibility index (Phi) is 2.86. The molecule has 98 valence electrons. The molecule has 1 aromatic heterocycles. The Morgan fingerprint density at radius 2 is 1.72 bits per heavy atom. The van der Waals surface area contributed by atoms with Crippen molar-refractivity contribution in [3.63, 3.8) is 0 Å². The van der Waals surface area contributed by atoms with E-state index in [0.717, 1.165) is 18.0 Å². The van der Waals surface area contributed by atoms with Gasteiger partial charge in [-0.2, -0.15) is 0 Å². The fraction of sp³-hybridized carbons (Fsp3) is 0.692. The number of ether oxygens (including phenoxy) is 1. The van der Waals surface area contributed by atoms with E-state index in [4.69, 9.17) is 14.0 Å². The second-order valence-corrected chi connectivity index (χ2v) is 7.21. The van der Waals surface area contributed by atoms with Gasteiger partial charge in [0.2, 0.25) is 0 Å². The molecule has 0 N–H and O–H groups in total. The fourth-order valence-corrected chi connectivity index (χ4v) is 3.11. The van der Waals surface area contributed by atoms with Crippen molar-refractivity contribution in [3.8, 4) is 0 Å². The molecule has 0 aromatic carbocycles. The van der Waals surface area contributed by atoms with Crippen molar-refractivity contribution < 1.29 is 14.0 Å². The molecule has 2 fully saturated rings. The largest absolute Gasteiger partial charge is 0.505 e. The standard InChI is InChI=1S/C13H19BO3S/c1-12(2)13(3,4)17-14(16-12)11-6-5-10(18-11)9-7-15-8-9/h5-6,9H,7-8H2,1-4H3. The molecule has 2 aliphatic rings. The first-order valence-electron chi connectivity index (χ1n) is 6.42. The third-order valence-electron chi connectivity index (χ3n) is 4.17. The summed E-state index contributed by atoms with van der Waals surface area (Å²) in [6, 6.07) is 4.30. The quantitative estimate of drug-likeness (QED) is 0.768. The van der Waals surface area contributed by atoms with Crippen molar-refractivity contribution in [1.82, 2.24) is 0 Å². The maximum Gasteiger partial charge on any atom is 0.505 e. The van der Waals surface area contributed by atoms with E-state index in [1.165, 1.54) is 4.88 Å². The van der Waals surface area contributed by atoms with Crippen LogP contribution in [-0.4, -0.2) is 31.5 Å². The maximum absolute atomic E-state index is 6.05. The van der Waals surface area contributed by atoms with Gasteiger partial charge in [-0.05, 0) is 33.8 Å². The summed E-state index contributed by atoms with van der Waals surface area (Å²) in [5.41, 5.74) is -0.525. The molecular formula is C13H19BO3S. The molecule has 0 amide bonds. The van der Waals surface area contributed by atoms with Gasteiger partial charge in [-0.25, -0.2) is 0 Å². The first kappa shape index (κ1) is 12.7. The molecule has 0 atom stereocenters. The highest BCUT2D eigenvalue weighted by atomic mass is 32.1. The lowest BCUT2D eigenvalue weighted by molar-refractivity contribution is 0.00578. The molecule has 3 nitrogen and oxygen atoms in total. The molecule has 18 heavy (non-hydrogen) atoms. The van der Waals surface area contributed by atoms with Crippen LogP contribution in [0.5, 0.6) is 0 Å². The predicted molar refractivity (Wildman–Crippen MR) is 73.6 cm³/mol. The van der Waals surface area contributed by atoms with E-state index < -0.39 is 0 Å². The molecule has 0 unspecified atom stereocenters. The second-order valence-electron chi connectivity index (χ2n) is 6.06. The van der Waals surface area contributed by atoms with Crippen LogP contribution in [0.15, 0.2) is 12.1 Å². The number of rotatable bonds is 2. The number of thiophene rings is 1. The fourth-order valence-electron chi connectivity index (χ4n) is 2.07. The van der Waals surface area contributed by atoms with E-state index in [1.807, 2.05) is 0 Å². The van der Waals surface area contributed by atoms with E-state index in [0.29, 0.717) is 5.92 Å². The van der Waals surface area contributed by atoms with E-state index in [9.17, 15) is 0 Å². The zero-order chi connectivity index (χ0) is 13.0. The predicted octanol–water partition coefficient (Wildman–Crippen LogP) is 2.16. The van der Waals surface area contributed by atoms with Crippen LogP contribution in [-0.2, 0) is 14.0 Å². The Labute approximate surface area is 113 Å². The molecule has 0 aliphatic carbocycles. The molecule has 3 heterocycles. The third kappa shape index (κ3) is 1.93. The third-order valence-corrected chi connectivity index (χ3v) is 5.44. The first-order chi connectivity index (χ1) is 8.39. The van der Waals surface area contributed by atoms with Gasteiger partial charge in [0.15, 0.2) is 0 Å². The Morgan fingerprint density at radius 3 is 2.22 bits per heavy atom. The van der Waals surface area contributed by atoms with Gasteiger partial charge in [-0.15, -0.1) is 11.3 Å². The molecule has 2 saturated heterocycles. The summed E-state index contributed by atoms with van der Waals surface area (Å²) in [6.07, 6.45) is 0. The second kappa shape index (κ2) is 4.07. The number of hydrogen-bond acceptors (Lipinski definition) is 4. The summed E-state index contributed by atoms with van der Waals surface area (Å²) in [5.74, 6) is 0.575. The van der Waals surface area contributed by atoms with Crippen LogP contribution in [0.25, 0.3) is 0 Å². The highest BCUT2D eigenvalue weighted by molar-refractivity contribution is 7.22. The van der Waals surface area contributed by atoms with Crippen molar-refractivity contribution >= 4 is 23.2 Å². The van der Waals surface area contributed by atoms with E-state index in [1.54, 1.807) is 11.3 Å². The smallest absolute Gasteiger partial charge is 0.399 e. The van der Waals surface area contributed by atoms with Gasteiger partial charge in [0.25, 0.3) is 0 Å². The monoisotopic (exact) mass is 266 g/mol. The molecule has 0 bridgehead atoms. The summed E-state index contributed by atoms with van der Waals surface area (Å²) in [4.78, 5) is 1.38. The van der Waals surface area contributed by atoms with Gasteiger partial charge >= 0.3 is 7.12 Å². The molecule has 0 saturated carbocycles. The summed E-state index contributed by atoms with van der Waals surface area (Å²) in [5, 5.41) is 0. The van der Waals surface area contributed by atoms with Gasteiger partial charge < -0.3 is 14.0 Å². The minimum Gasteiger partial charge on any atom is -0.399 e. The topological polar surface area (TPSA) is 27.7 Å². The molecule has 3 rings (SSSR count). The molecule has 2 aliphatic heterocycles. The maximum atomic E-state index is 6.05. The van der Waals surface area contributed by atoms with Crippen molar-refractivity contribution in [3.05, 3.63) is 17.0 Å². The van der Waals surface area contributed by atoms with Crippen molar-refractivity contribution in [2.45, 2.75) is 44.8 Å². The van der Waals surface area contributed by atoms with E-state index >= 15 is 0 Å². The summed E-state index contributed by atoms with van der Waals surface area (Å²) in [7, 11) is -0.227. The summed E-state index contributed by atoms with van der Waals surface area (Å²) >= 11 is 1.79. The lowest BCUT2D eigenvalue weighted by atomic mass is 9.88. The van der Waals surface area contributed by atoms with Crippen LogP contribution in [0, 0.1) is 0 Å². The SMILES string of the molecule is CC1(C)OB(c2ccc(C3COC3)s2)OC1(C)C. The minimum absolute atomic E-state index is 0.227. The average Bonchev–Trinajstić information content (AvgIpc) is 2.68. The Bertz CT molecular complexity index is 435. The molecule has 0 radical (unpaired) electrons. The zero-order valence-electron chi connectivity index (χ0n) is 11.4. The zero-order valence-corrected chi connectivity index (χ0v) is 12.2. The molecule has 1 aromatic rings. The van der Waals surface area contributed by atoms with Gasteiger partial charge in [-0.3, -0.25) is 0 Å². The number of hydrogen-bond donors (Lipinski definition) is 0. The summed E-state index contributed by atoms with van der Waals surface area (Å²) < 4.78 is 18.5. The van der Waals surface area contributed by atoms with Crippen LogP contribution >= 0.6 is 11.3 Å². The van der Waals surface area contributed by atoms with Crippen molar-refractivity contribution in [1.29, 1.82) is 0 Å². The summed E-state index contributed by atoms with van der Waals surface area (Å²) in [6.45, 7) is 10.0. The van der Waals surface area contributed by atoms with Crippen LogP contribution in [0.4, 0.5) is 0 Å². The van der Waals surface area contributed by atoms with Crippen LogP contribution in [0.1, 0.15) is 38.5 Å². The van der Waals surface area contributed by atoms with Crippen molar-refractivity contribution in [2.75, 3.05) is 13.2 Å². The van der Waals surface area contributed by atoms with Crippen LogP contribution in [0.2, 0.25) is 0 Å². The molecule has 0 spiro atoms. The highest BCUT2D eigenvalue weighted by Gasteiger charge is 2.52. The molecular weight excluding hydrogens is 247 g/mol. The van der Waals surface area contributed by atoms with E-state index in [-0.39, 0.29) is 18.3 Å². The first-order valence-corrected chi connectivity index (χ1v) is 7.24. The van der Waals surface area contributed by atoms with Crippen molar-refractivity contribution in [2.24, 2.45) is 0 Å². The van der Waals surface area contributed by atoms with E-state index in [2.05, 4.69) is 39.8 Å². The van der Waals surface area contributed by atoms with Gasteiger partial charge in [0.05, 0.1) is 24.4 Å². The van der Waals surface area contributed by atoms with Gasteiger partial charge in [-0.1, -0.05) is 6.07 Å². The Morgan fingerprint density at radius 1 is 1.11 bits per heavy atom.